The Morgan fingerprint density at radius 1 is 1.23 bits per heavy atom. The van der Waals surface area contributed by atoms with Gasteiger partial charge in [-0.15, -0.1) is 0 Å². The van der Waals surface area contributed by atoms with Gasteiger partial charge in [-0.25, -0.2) is 0 Å². The summed E-state index contributed by atoms with van der Waals surface area (Å²) in [6, 6.07) is 8.62. The van der Waals surface area contributed by atoms with E-state index < -0.39 is 36.6 Å². The summed E-state index contributed by atoms with van der Waals surface area (Å²) in [6.45, 7) is 0. The normalized spacial score (nSPS) is 31.2. The maximum atomic E-state index is 12.4. The molecule has 0 bridgehead atoms. The van der Waals surface area contributed by atoms with Gasteiger partial charge in [0.15, 0.2) is 12.3 Å². The van der Waals surface area contributed by atoms with Crippen LogP contribution in [-0.4, -0.2) is 58.9 Å². The number of hydrogen-bond acceptors (Lipinski definition) is 6. The molecule has 1 aromatic rings. The molecule has 1 fully saturated rings. The zero-order valence-corrected chi connectivity index (χ0v) is 11.7. The van der Waals surface area contributed by atoms with Crippen molar-refractivity contribution in [3.63, 3.8) is 0 Å². The predicted octanol–water partition coefficient (Wildman–Crippen LogP) is -0.233. The molecule has 1 saturated heterocycles. The maximum absolute atomic E-state index is 12.4. The summed E-state index contributed by atoms with van der Waals surface area (Å²) in [6.07, 6.45) is -7.83. The maximum Gasteiger partial charge on any atom is 0.258 e. The Bertz CT molecular complexity index is 577. The van der Waals surface area contributed by atoms with Crippen LogP contribution in [0.25, 0.3) is 10.4 Å². The van der Waals surface area contributed by atoms with Crippen molar-refractivity contribution in [2.45, 2.75) is 30.6 Å². The van der Waals surface area contributed by atoms with Crippen molar-refractivity contribution in [2.75, 3.05) is 11.9 Å². The summed E-state index contributed by atoms with van der Waals surface area (Å²) in [7, 11) is 1.48. The van der Waals surface area contributed by atoms with Crippen LogP contribution in [0, 0.1) is 0 Å². The third kappa shape index (κ3) is 3.03. The summed E-state index contributed by atoms with van der Waals surface area (Å²) >= 11 is 0. The Balaban J connectivity index is 2.22. The molecular formula is C13H16N4O5. The number of hydrogen-bond donors (Lipinski definition) is 3. The smallest absolute Gasteiger partial charge is 0.258 e. The van der Waals surface area contributed by atoms with Crippen LogP contribution in [0.15, 0.2) is 35.4 Å². The first-order valence-corrected chi connectivity index (χ1v) is 6.54. The number of carbonyl (C=O) groups excluding carboxylic acids is 1. The Labute approximate surface area is 126 Å². The number of amides is 1. The quantitative estimate of drug-likeness (QED) is 0.402. The average molecular weight is 308 g/mol. The van der Waals surface area contributed by atoms with Crippen molar-refractivity contribution < 1.29 is 24.9 Å². The fourth-order valence-corrected chi connectivity index (χ4v) is 2.18. The lowest BCUT2D eigenvalue weighted by molar-refractivity contribution is -0.217. The number of ether oxygens (including phenoxy) is 1. The first kappa shape index (κ1) is 16.2. The molecule has 5 atom stereocenters. The number of anilines is 1. The van der Waals surface area contributed by atoms with E-state index in [1.54, 1.807) is 30.3 Å². The van der Waals surface area contributed by atoms with Crippen LogP contribution in [0.1, 0.15) is 0 Å². The number of likely N-dealkylation sites (N-methyl/N-ethyl adjacent to an activating group) is 1. The molecular weight excluding hydrogens is 292 g/mol. The topological polar surface area (TPSA) is 139 Å². The van der Waals surface area contributed by atoms with Crippen LogP contribution in [0.3, 0.4) is 0 Å². The second-order valence-corrected chi connectivity index (χ2v) is 4.86. The second kappa shape index (κ2) is 6.73. The highest BCUT2D eigenvalue weighted by Crippen LogP contribution is 2.25. The first-order chi connectivity index (χ1) is 10.5. The summed E-state index contributed by atoms with van der Waals surface area (Å²) in [5.74, 6) is -0.636. The van der Waals surface area contributed by atoms with Crippen LogP contribution in [0.4, 0.5) is 5.69 Å². The van der Waals surface area contributed by atoms with Crippen LogP contribution in [0.5, 0.6) is 0 Å². The van der Waals surface area contributed by atoms with Gasteiger partial charge in [-0.3, -0.25) is 4.79 Å². The Morgan fingerprint density at radius 3 is 2.45 bits per heavy atom. The van der Waals surface area contributed by atoms with Gasteiger partial charge in [0.1, 0.15) is 18.3 Å². The van der Waals surface area contributed by atoms with Crippen LogP contribution in [0.2, 0.25) is 0 Å². The third-order valence-electron chi connectivity index (χ3n) is 3.47. The lowest BCUT2D eigenvalue weighted by Crippen LogP contribution is -2.61. The zero-order valence-electron chi connectivity index (χ0n) is 11.7. The number of rotatable bonds is 3. The van der Waals surface area contributed by atoms with Gasteiger partial charge in [-0.2, -0.15) is 0 Å². The number of para-hydroxylation sites is 1. The van der Waals surface area contributed by atoms with Crippen LogP contribution >= 0.6 is 0 Å². The summed E-state index contributed by atoms with van der Waals surface area (Å²) in [4.78, 5) is 16.2. The molecule has 1 aromatic carbocycles. The van der Waals surface area contributed by atoms with Gasteiger partial charge < -0.3 is 25.0 Å². The summed E-state index contributed by atoms with van der Waals surface area (Å²) < 4.78 is 5.15. The van der Waals surface area contributed by atoms with E-state index in [2.05, 4.69) is 10.0 Å². The number of nitrogens with zero attached hydrogens (tertiary/aromatic N) is 4. The Kier molecular flexibility index (Phi) is 4.96. The molecule has 3 N–H and O–H groups in total. The van der Waals surface area contributed by atoms with E-state index in [-0.39, 0.29) is 0 Å². The van der Waals surface area contributed by atoms with Crippen molar-refractivity contribution in [1.29, 1.82) is 0 Å². The van der Waals surface area contributed by atoms with E-state index in [1.165, 1.54) is 11.9 Å². The lowest BCUT2D eigenvalue weighted by atomic mass is 9.97. The minimum atomic E-state index is -1.66. The number of benzene rings is 1. The molecule has 0 radical (unpaired) electrons. The van der Waals surface area contributed by atoms with E-state index in [1.807, 2.05) is 0 Å². The molecule has 9 nitrogen and oxygen atoms in total. The van der Waals surface area contributed by atoms with Gasteiger partial charge in [0.25, 0.3) is 5.91 Å². The Morgan fingerprint density at radius 2 is 1.86 bits per heavy atom. The standard InChI is InChI=1S/C13H16N4O5/c1-17(7-5-3-2-4-6-7)13(21)11-9(19)8(18)10(20)12(22-11)15-16-14/h2-6,8-12,18-20H,1H3/t8-,9-,10+,11-,12+/m0/s1. The highest BCUT2D eigenvalue weighted by atomic mass is 16.6. The highest BCUT2D eigenvalue weighted by molar-refractivity contribution is 5.96. The molecule has 0 unspecified atom stereocenters. The van der Waals surface area contributed by atoms with Crippen molar-refractivity contribution in [1.82, 2.24) is 0 Å². The second-order valence-electron chi connectivity index (χ2n) is 4.86. The number of azide groups is 1. The fraction of sp³-hybridized carbons (Fsp3) is 0.462. The van der Waals surface area contributed by atoms with Crippen molar-refractivity contribution >= 4 is 11.6 Å². The third-order valence-corrected chi connectivity index (χ3v) is 3.47. The van der Waals surface area contributed by atoms with E-state index in [0.717, 1.165) is 0 Å². The van der Waals surface area contributed by atoms with Crippen molar-refractivity contribution in [3.8, 4) is 0 Å². The lowest BCUT2D eigenvalue weighted by Gasteiger charge is -2.39. The summed E-state index contributed by atoms with van der Waals surface area (Å²) in [5, 5.41) is 32.6. The molecule has 9 heteroatoms. The average Bonchev–Trinajstić information content (AvgIpc) is 2.55. The van der Waals surface area contributed by atoms with Crippen LogP contribution in [-0.2, 0) is 9.53 Å². The Hall–Kier alpha value is -2.16. The van der Waals surface area contributed by atoms with Crippen molar-refractivity contribution in [2.24, 2.45) is 5.11 Å². The SMILES string of the molecule is CN(C(=O)[C@H]1O[C@@H](N=[N+]=[N-])[C@H](O)[C@@H](O)[C@@H]1O)c1ccccc1. The van der Waals surface area contributed by atoms with E-state index >= 15 is 0 Å². The van der Waals surface area contributed by atoms with Gasteiger partial charge in [0.05, 0.1) is 0 Å². The fourth-order valence-electron chi connectivity index (χ4n) is 2.18. The molecule has 1 aliphatic heterocycles. The molecule has 1 aliphatic rings. The predicted molar refractivity (Wildman–Crippen MR) is 75.7 cm³/mol. The minimum Gasteiger partial charge on any atom is -0.387 e. The van der Waals surface area contributed by atoms with Crippen molar-refractivity contribution in [3.05, 3.63) is 40.8 Å². The molecule has 1 amide bonds. The molecule has 2 rings (SSSR count). The molecule has 0 saturated carbocycles. The molecule has 118 valence electrons. The van der Waals surface area contributed by atoms with Gasteiger partial charge in [-0.05, 0) is 17.7 Å². The van der Waals surface area contributed by atoms with E-state index in [0.29, 0.717) is 5.69 Å². The van der Waals surface area contributed by atoms with Gasteiger partial charge in [-0.1, -0.05) is 23.3 Å². The largest absolute Gasteiger partial charge is 0.387 e. The van der Waals surface area contributed by atoms with Gasteiger partial charge in [0.2, 0.25) is 0 Å². The number of carbonyl (C=O) groups is 1. The van der Waals surface area contributed by atoms with E-state index in [9.17, 15) is 20.1 Å². The monoisotopic (exact) mass is 308 g/mol. The highest BCUT2D eigenvalue weighted by Gasteiger charge is 2.47. The van der Waals surface area contributed by atoms with E-state index in [4.69, 9.17) is 10.3 Å². The van der Waals surface area contributed by atoms with Crippen LogP contribution < -0.4 is 4.90 Å². The van der Waals surface area contributed by atoms with Gasteiger partial charge in [0, 0.05) is 17.6 Å². The molecule has 0 spiro atoms. The number of aliphatic hydroxyl groups excluding tert-OH is 3. The molecule has 1 heterocycles. The molecule has 0 aromatic heterocycles. The first-order valence-electron chi connectivity index (χ1n) is 6.54. The number of aliphatic hydroxyl groups is 3. The molecule has 22 heavy (non-hydrogen) atoms. The zero-order chi connectivity index (χ0) is 16.3. The van der Waals surface area contributed by atoms with Gasteiger partial charge >= 0.3 is 0 Å². The molecule has 0 aliphatic carbocycles. The minimum absolute atomic E-state index is 0.559. The summed E-state index contributed by atoms with van der Waals surface area (Å²) in [5.41, 5.74) is 8.99.